The first-order valence-electron chi connectivity index (χ1n) is 8.73. The van der Waals surface area contributed by atoms with Gasteiger partial charge in [0.2, 0.25) is 0 Å². The summed E-state index contributed by atoms with van der Waals surface area (Å²) in [4.78, 5) is 12.6. The fourth-order valence-corrected chi connectivity index (χ4v) is 2.33. The first kappa shape index (κ1) is 19.4. The Balaban J connectivity index is 2.19. The zero-order valence-corrected chi connectivity index (χ0v) is 15.5. The van der Waals surface area contributed by atoms with E-state index in [1.165, 1.54) is 0 Å². The number of methoxy groups -OCH3 is 1. The first-order valence-corrected chi connectivity index (χ1v) is 8.73. The van der Waals surface area contributed by atoms with Gasteiger partial charge in [-0.25, -0.2) is 0 Å². The molecule has 2 rings (SSSR count). The summed E-state index contributed by atoms with van der Waals surface area (Å²) < 4.78 is 16.5. The Morgan fingerprint density at radius 2 is 1.88 bits per heavy atom. The number of hydrogen-bond acceptors (Lipinski definition) is 5. The van der Waals surface area contributed by atoms with Gasteiger partial charge in [0.1, 0.15) is 5.75 Å². The van der Waals surface area contributed by atoms with Crippen molar-refractivity contribution >= 4 is 17.3 Å². The minimum Gasteiger partial charge on any atom is -0.497 e. The minimum absolute atomic E-state index is 0.286. The number of nitrogens with two attached hydrogens (primary N) is 1. The third-order valence-corrected chi connectivity index (χ3v) is 3.77. The molecule has 0 aliphatic carbocycles. The van der Waals surface area contributed by atoms with E-state index in [1.807, 2.05) is 6.92 Å². The van der Waals surface area contributed by atoms with Crippen LogP contribution in [0.1, 0.15) is 37.0 Å². The van der Waals surface area contributed by atoms with E-state index < -0.39 is 0 Å². The number of anilines is 2. The highest BCUT2D eigenvalue weighted by molar-refractivity contribution is 6.06. The number of unbranched alkanes of at least 4 members (excludes halogenated alkanes) is 1. The molecule has 6 heteroatoms. The average molecular weight is 358 g/mol. The van der Waals surface area contributed by atoms with Crippen LogP contribution in [0.5, 0.6) is 17.2 Å². The van der Waals surface area contributed by atoms with Crippen molar-refractivity contribution in [1.82, 2.24) is 0 Å². The molecule has 0 unspecified atom stereocenters. The molecule has 0 aliphatic heterocycles. The maximum atomic E-state index is 12.6. The highest BCUT2D eigenvalue weighted by Crippen LogP contribution is 2.30. The molecule has 0 aromatic heterocycles. The van der Waals surface area contributed by atoms with Gasteiger partial charge >= 0.3 is 0 Å². The molecule has 0 atom stereocenters. The number of nitrogens with one attached hydrogen (secondary N) is 1. The molecule has 6 nitrogen and oxygen atoms in total. The lowest BCUT2D eigenvalue weighted by atomic mass is 10.1. The Hall–Kier alpha value is -2.89. The second kappa shape index (κ2) is 9.56. The number of amides is 1. The number of rotatable bonds is 9. The molecule has 0 spiro atoms. The summed E-state index contributed by atoms with van der Waals surface area (Å²) >= 11 is 0. The Kier molecular flexibility index (Phi) is 7.14. The Morgan fingerprint density at radius 3 is 2.58 bits per heavy atom. The molecule has 140 valence electrons. The summed E-state index contributed by atoms with van der Waals surface area (Å²) in [5.74, 6) is 1.52. The molecule has 26 heavy (non-hydrogen) atoms. The van der Waals surface area contributed by atoms with E-state index in [0.29, 0.717) is 47.4 Å². The van der Waals surface area contributed by atoms with Crippen LogP contribution in [0.4, 0.5) is 11.4 Å². The molecule has 2 aromatic carbocycles. The Morgan fingerprint density at radius 1 is 1.08 bits per heavy atom. The average Bonchev–Trinajstić information content (AvgIpc) is 2.65. The van der Waals surface area contributed by atoms with Crippen LogP contribution in [0.2, 0.25) is 0 Å². The van der Waals surface area contributed by atoms with E-state index >= 15 is 0 Å². The van der Waals surface area contributed by atoms with Gasteiger partial charge in [-0.15, -0.1) is 0 Å². The molecule has 2 aromatic rings. The number of carbonyl (C=O) groups excluding carboxylic acids is 1. The fourth-order valence-electron chi connectivity index (χ4n) is 2.33. The quantitative estimate of drug-likeness (QED) is 0.521. The SMILES string of the molecule is CCCCOc1ccc(C(=O)Nc2cc(OC)ccc2N)cc1OCC. The summed E-state index contributed by atoms with van der Waals surface area (Å²) in [5.41, 5.74) is 7.34. The molecular formula is C20H26N2O4. The first-order chi connectivity index (χ1) is 12.6. The summed E-state index contributed by atoms with van der Waals surface area (Å²) in [5, 5.41) is 2.80. The van der Waals surface area contributed by atoms with Crippen LogP contribution in [0.3, 0.4) is 0 Å². The van der Waals surface area contributed by atoms with Crippen molar-refractivity contribution in [2.75, 3.05) is 31.4 Å². The van der Waals surface area contributed by atoms with Gasteiger partial charge < -0.3 is 25.3 Å². The van der Waals surface area contributed by atoms with Crippen molar-refractivity contribution in [2.24, 2.45) is 0 Å². The molecule has 0 aliphatic rings. The van der Waals surface area contributed by atoms with Crippen LogP contribution in [0.15, 0.2) is 36.4 Å². The summed E-state index contributed by atoms with van der Waals surface area (Å²) in [6, 6.07) is 10.2. The lowest BCUT2D eigenvalue weighted by molar-refractivity contribution is 0.102. The second-order valence-corrected chi connectivity index (χ2v) is 5.70. The van der Waals surface area contributed by atoms with Crippen molar-refractivity contribution in [2.45, 2.75) is 26.7 Å². The molecule has 0 bridgehead atoms. The van der Waals surface area contributed by atoms with E-state index in [4.69, 9.17) is 19.9 Å². The number of nitrogen functional groups attached to an aromatic ring is 1. The minimum atomic E-state index is -0.286. The highest BCUT2D eigenvalue weighted by atomic mass is 16.5. The third-order valence-electron chi connectivity index (χ3n) is 3.77. The molecule has 1 amide bonds. The molecule has 3 N–H and O–H groups in total. The van der Waals surface area contributed by atoms with Crippen molar-refractivity contribution in [3.8, 4) is 17.2 Å². The Labute approximate surface area is 154 Å². The van der Waals surface area contributed by atoms with Crippen molar-refractivity contribution < 1.29 is 19.0 Å². The van der Waals surface area contributed by atoms with Gasteiger partial charge in [0.25, 0.3) is 5.91 Å². The molecule has 0 fully saturated rings. The van der Waals surface area contributed by atoms with E-state index in [9.17, 15) is 4.79 Å². The maximum absolute atomic E-state index is 12.6. The van der Waals surface area contributed by atoms with Crippen molar-refractivity contribution in [3.63, 3.8) is 0 Å². The van der Waals surface area contributed by atoms with Crippen LogP contribution >= 0.6 is 0 Å². The van der Waals surface area contributed by atoms with E-state index in [0.717, 1.165) is 12.8 Å². The highest BCUT2D eigenvalue weighted by Gasteiger charge is 2.13. The molecular weight excluding hydrogens is 332 g/mol. The van der Waals surface area contributed by atoms with Crippen LogP contribution in [0, 0.1) is 0 Å². The van der Waals surface area contributed by atoms with Crippen molar-refractivity contribution in [3.05, 3.63) is 42.0 Å². The van der Waals surface area contributed by atoms with Crippen LogP contribution in [-0.2, 0) is 0 Å². The smallest absolute Gasteiger partial charge is 0.255 e. The summed E-state index contributed by atoms with van der Waals surface area (Å²) in [6.45, 7) is 5.09. The standard InChI is InChI=1S/C20H26N2O4/c1-4-6-11-26-18-10-7-14(12-19(18)25-5-2)20(23)22-17-13-15(24-3)8-9-16(17)21/h7-10,12-13H,4-6,11,21H2,1-3H3,(H,22,23). The number of benzene rings is 2. The third kappa shape index (κ3) is 5.05. The monoisotopic (exact) mass is 358 g/mol. The van der Waals surface area contributed by atoms with Gasteiger partial charge in [0.15, 0.2) is 11.5 Å². The van der Waals surface area contributed by atoms with Crippen LogP contribution in [-0.4, -0.2) is 26.2 Å². The summed E-state index contributed by atoms with van der Waals surface area (Å²) in [6.07, 6.45) is 2.01. The maximum Gasteiger partial charge on any atom is 0.255 e. The van der Waals surface area contributed by atoms with Crippen molar-refractivity contribution in [1.29, 1.82) is 0 Å². The summed E-state index contributed by atoms with van der Waals surface area (Å²) in [7, 11) is 1.56. The van der Waals surface area contributed by atoms with Gasteiger partial charge in [0.05, 0.1) is 31.7 Å². The van der Waals surface area contributed by atoms with E-state index in [2.05, 4.69) is 12.2 Å². The lowest BCUT2D eigenvalue weighted by Crippen LogP contribution is -2.14. The van der Waals surface area contributed by atoms with E-state index in [-0.39, 0.29) is 5.91 Å². The van der Waals surface area contributed by atoms with Gasteiger partial charge in [-0.3, -0.25) is 4.79 Å². The van der Waals surface area contributed by atoms with Gasteiger partial charge in [0, 0.05) is 11.6 Å². The molecule has 0 saturated carbocycles. The van der Waals surface area contributed by atoms with Crippen LogP contribution in [0.25, 0.3) is 0 Å². The zero-order valence-electron chi connectivity index (χ0n) is 15.5. The van der Waals surface area contributed by atoms with E-state index in [1.54, 1.807) is 43.5 Å². The lowest BCUT2D eigenvalue weighted by Gasteiger charge is -2.14. The Bertz CT molecular complexity index is 747. The number of ether oxygens (including phenoxy) is 3. The van der Waals surface area contributed by atoms with Gasteiger partial charge in [-0.05, 0) is 43.7 Å². The zero-order chi connectivity index (χ0) is 18.9. The number of carbonyl (C=O) groups is 1. The van der Waals surface area contributed by atoms with Crippen LogP contribution < -0.4 is 25.3 Å². The van der Waals surface area contributed by atoms with Gasteiger partial charge in [-0.1, -0.05) is 13.3 Å². The topological polar surface area (TPSA) is 82.8 Å². The largest absolute Gasteiger partial charge is 0.497 e. The molecule has 0 radical (unpaired) electrons. The fraction of sp³-hybridized carbons (Fsp3) is 0.350. The molecule has 0 heterocycles. The number of hydrogen-bond donors (Lipinski definition) is 2. The predicted octanol–water partition coefficient (Wildman–Crippen LogP) is 4.11. The van der Waals surface area contributed by atoms with Gasteiger partial charge in [-0.2, -0.15) is 0 Å². The predicted molar refractivity (Wildman–Crippen MR) is 103 cm³/mol. The second-order valence-electron chi connectivity index (χ2n) is 5.70. The molecule has 0 saturated heterocycles. The normalized spacial score (nSPS) is 10.3.